The van der Waals surface area contributed by atoms with Crippen molar-refractivity contribution < 1.29 is 5.11 Å². The Labute approximate surface area is 116 Å². The number of benzene rings is 1. The van der Waals surface area contributed by atoms with Gasteiger partial charge in [-0.15, -0.1) is 0 Å². The van der Waals surface area contributed by atoms with E-state index in [1.165, 1.54) is 37.7 Å². The van der Waals surface area contributed by atoms with Gasteiger partial charge in [0.2, 0.25) is 0 Å². The highest BCUT2D eigenvalue weighted by atomic mass is 16.3. The van der Waals surface area contributed by atoms with E-state index in [9.17, 15) is 0 Å². The second kappa shape index (κ2) is 6.06. The summed E-state index contributed by atoms with van der Waals surface area (Å²) in [5, 5.41) is 9.17. The SMILES string of the molecule is OCCC1CC2CCCC(C1)N2Cc1ccccc1. The molecule has 1 N–H and O–H groups in total. The maximum absolute atomic E-state index is 9.17. The Hall–Kier alpha value is -0.860. The van der Waals surface area contributed by atoms with E-state index in [0.717, 1.165) is 31.0 Å². The van der Waals surface area contributed by atoms with Crippen molar-refractivity contribution in [2.45, 2.75) is 57.2 Å². The van der Waals surface area contributed by atoms with E-state index >= 15 is 0 Å². The highest BCUT2D eigenvalue weighted by Crippen LogP contribution is 2.38. The molecule has 19 heavy (non-hydrogen) atoms. The standard InChI is InChI=1S/C17H25NO/c19-10-9-15-11-16-7-4-8-17(12-15)18(16)13-14-5-2-1-3-6-14/h1-3,5-6,15-17,19H,4,7-13H2. The van der Waals surface area contributed by atoms with E-state index < -0.39 is 0 Å². The normalized spacial score (nSPS) is 31.3. The first kappa shape index (κ1) is 13.1. The highest BCUT2D eigenvalue weighted by Gasteiger charge is 2.37. The zero-order valence-electron chi connectivity index (χ0n) is 11.7. The van der Waals surface area contributed by atoms with Crippen molar-refractivity contribution in [3.8, 4) is 0 Å². The molecule has 104 valence electrons. The predicted molar refractivity (Wildman–Crippen MR) is 77.8 cm³/mol. The van der Waals surface area contributed by atoms with Crippen LogP contribution in [-0.2, 0) is 6.54 Å². The molecule has 2 heteroatoms. The summed E-state index contributed by atoms with van der Waals surface area (Å²) in [6, 6.07) is 12.4. The Morgan fingerprint density at radius 3 is 2.37 bits per heavy atom. The fraction of sp³-hybridized carbons (Fsp3) is 0.647. The molecule has 1 aromatic carbocycles. The lowest BCUT2D eigenvalue weighted by molar-refractivity contribution is 0.00150. The minimum Gasteiger partial charge on any atom is -0.396 e. The molecule has 0 amide bonds. The van der Waals surface area contributed by atoms with Gasteiger partial charge in [0.05, 0.1) is 0 Å². The summed E-state index contributed by atoms with van der Waals surface area (Å²) < 4.78 is 0. The number of aliphatic hydroxyl groups is 1. The summed E-state index contributed by atoms with van der Waals surface area (Å²) >= 11 is 0. The number of nitrogens with zero attached hydrogens (tertiary/aromatic N) is 1. The third-order valence-electron chi connectivity index (χ3n) is 4.97. The topological polar surface area (TPSA) is 23.5 Å². The van der Waals surface area contributed by atoms with Crippen molar-refractivity contribution in [1.29, 1.82) is 0 Å². The van der Waals surface area contributed by atoms with Crippen molar-refractivity contribution >= 4 is 0 Å². The molecule has 3 rings (SSSR count). The van der Waals surface area contributed by atoms with Crippen LogP contribution >= 0.6 is 0 Å². The monoisotopic (exact) mass is 259 g/mol. The lowest BCUT2D eigenvalue weighted by atomic mass is 9.77. The van der Waals surface area contributed by atoms with Crippen LogP contribution in [0.25, 0.3) is 0 Å². The Morgan fingerprint density at radius 2 is 1.74 bits per heavy atom. The largest absolute Gasteiger partial charge is 0.396 e. The lowest BCUT2D eigenvalue weighted by Crippen LogP contribution is -2.51. The Balaban J connectivity index is 1.68. The molecule has 2 aliphatic rings. The Kier molecular flexibility index (Phi) is 4.19. The zero-order chi connectivity index (χ0) is 13.1. The molecule has 2 unspecified atom stereocenters. The molecular formula is C17H25NO. The molecule has 2 bridgehead atoms. The second-order valence-electron chi connectivity index (χ2n) is 6.25. The maximum Gasteiger partial charge on any atom is 0.0433 e. The molecule has 0 aromatic heterocycles. The van der Waals surface area contributed by atoms with Crippen LogP contribution in [0.5, 0.6) is 0 Å². The summed E-state index contributed by atoms with van der Waals surface area (Å²) in [7, 11) is 0. The molecule has 0 saturated carbocycles. The van der Waals surface area contributed by atoms with Gasteiger partial charge in [0.25, 0.3) is 0 Å². The van der Waals surface area contributed by atoms with E-state index in [-0.39, 0.29) is 0 Å². The van der Waals surface area contributed by atoms with Crippen LogP contribution in [0.2, 0.25) is 0 Å². The molecule has 2 heterocycles. The Bertz CT molecular complexity index is 378. The number of hydrogen-bond donors (Lipinski definition) is 1. The van der Waals surface area contributed by atoms with Gasteiger partial charge in [-0.05, 0) is 43.6 Å². The minimum atomic E-state index is 0.364. The first-order valence-electron chi connectivity index (χ1n) is 7.77. The Morgan fingerprint density at radius 1 is 1.05 bits per heavy atom. The van der Waals surface area contributed by atoms with E-state index in [1.807, 2.05) is 0 Å². The third-order valence-corrected chi connectivity index (χ3v) is 4.97. The van der Waals surface area contributed by atoms with Crippen LogP contribution in [0.1, 0.15) is 44.1 Å². The third kappa shape index (κ3) is 3.01. The van der Waals surface area contributed by atoms with Gasteiger partial charge in [-0.25, -0.2) is 0 Å². The molecule has 2 atom stereocenters. The first-order chi connectivity index (χ1) is 9.36. The summed E-state index contributed by atoms with van der Waals surface area (Å²) in [5.41, 5.74) is 1.44. The molecule has 1 aromatic rings. The summed E-state index contributed by atoms with van der Waals surface area (Å²) in [6.45, 7) is 1.48. The summed E-state index contributed by atoms with van der Waals surface area (Å²) in [4.78, 5) is 2.74. The van der Waals surface area contributed by atoms with E-state index in [1.54, 1.807) is 0 Å². The van der Waals surface area contributed by atoms with Crippen molar-refractivity contribution in [3.63, 3.8) is 0 Å². The number of rotatable bonds is 4. The molecule has 2 fully saturated rings. The van der Waals surface area contributed by atoms with Gasteiger partial charge in [0.1, 0.15) is 0 Å². The van der Waals surface area contributed by atoms with Crippen molar-refractivity contribution in [2.24, 2.45) is 5.92 Å². The quantitative estimate of drug-likeness (QED) is 0.897. The number of piperidine rings is 2. The fourth-order valence-electron chi connectivity index (χ4n) is 4.06. The fourth-order valence-corrected chi connectivity index (χ4v) is 4.06. The van der Waals surface area contributed by atoms with E-state index in [2.05, 4.69) is 35.2 Å². The lowest BCUT2D eigenvalue weighted by Gasteiger charge is -2.49. The number of aliphatic hydroxyl groups excluding tert-OH is 1. The average molecular weight is 259 g/mol. The summed E-state index contributed by atoms with van der Waals surface area (Å²) in [6.07, 6.45) is 7.70. The smallest absolute Gasteiger partial charge is 0.0433 e. The zero-order valence-corrected chi connectivity index (χ0v) is 11.7. The van der Waals surface area contributed by atoms with Gasteiger partial charge in [-0.1, -0.05) is 36.8 Å². The molecule has 2 aliphatic heterocycles. The predicted octanol–water partition coefficient (Wildman–Crippen LogP) is 3.20. The van der Waals surface area contributed by atoms with Crippen LogP contribution in [0.4, 0.5) is 0 Å². The minimum absolute atomic E-state index is 0.364. The van der Waals surface area contributed by atoms with E-state index in [4.69, 9.17) is 5.11 Å². The molecule has 0 aliphatic carbocycles. The maximum atomic E-state index is 9.17. The van der Waals surface area contributed by atoms with Crippen LogP contribution in [0, 0.1) is 5.92 Å². The summed E-state index contributed by atoms with van der Waals surface area (Å²) in [5.74, 6) is 0.757. The molecule has 2 nitrogen and oxygen atoms in total. The van der Waals surface area contributed by atoms with Gasteiger partial charge in [-0.2, -0.15) is 0 Å². The van der Waals surface area contributed by atoms with Gasteiger partial charge in [-0.3, -0.25) is 4.90 Å². The van der Waals surface area contributed by atoms with Crippen molar-refractivity contribution in [3.05, 3.63) is 35.9 Å². The molecular weight excluding hydrogens is 234 g/mol. The molecule has 2 saturated heterocycles. The highest BCUT2D eigenvalue weighted by molar-refractivity contribution is 5.15. The number of fused-ring (bicyclic) bond motifs is 2. The van der Waals surface area contributed by atoms with Crippen LogP contribution in [-0.4, -0.2) is 28.7 Å². The second-order valence-corrected chi connectivity index (χ2v) is 6.25. The van der Waals surface area contributed by atoms with Gasteiger partial charge >= 0.3 is 0 Å². The van der Waals surface area contributed by atoms with Gasteiger partial charge in [0, 0.05) is 25.2 Å². The first-order valence-corrected chi connectivity index (χ1v) is 7.77. The number of hydrogen-bond acceptors (Lipinski definition) is 2. The van der Waals surface area contributed by atoms with E-state index in [0.29, 0.717) is 6.61 Å². The molecule has 0 radical (unpaired) electrons. The van der Waals surface area contributed by atoms with Crippen molar-refractivity contribution in [1.82, 2.24) is 4.90 Å². The van der Waals surface area contributed by atoms with Gasteiger partial charge < -0.3 is 5.11 Å². The van der Waals surface area contributed by atoms with Crippen LogP contribution < -0.4 is 0 Å². The van der Waals surface area contributed by atoms with Crippen LogP contribution in [0.3, 0.4) is 0 Å². The van der Waals surface area contributed by atoms with Gasteiger partial charge in [0.15, 0.2) is 0 Å². The average Bonchev–Trinajstić information content (AvgIpc) is 2.41. The van der Waals surface area contributed by atoms with Crippen LogP contribution in [0.15, 0.2) is 30.3 Å². The molecule has 0 spiro atoms. The van der Waals surface area contributed by atoms with Crippen molar-refractivity contribution in [2.75, 3.05) is 6.61 Å².